The molecule has 0 unspecified atom stereocenters. The summed E-state index contributed by atoms with van der Waals surface area (Å²) in [6, 6.07) is 7.99. The third kappa shape index (κ3) is 4.00. The van der Waals surface area contributed by atoms with Gasteiger partial charge in [0.1, 0.15) is 5.75 Å². The molecule has 118 valence electrons. The van der Waals surface area contributed by atoms with Crippen LogP contribution in [0.5, 0.6) is 5.75 Å². The summed E-state index contributed by atoms with van der Waals surface area (Å²) >= 11 is 0. The Hall–Kier alpha value is -1.02. The number of hydrogen-bond donors (Lipinski definition) is 1. The van der Waals surface area contributed by atoms with Crippen LogP contribution in [-0.2, 0) is 5.60 Å². The van der Waals surface area contributed by atoms with E-state index >= 15 is 0 Å². The van der Waals surface area contributed by atoms with Gasteiger partial charge in [-0.25, -0.2) is 0 Å². The lowest BCUT2D eigenvalue weighted by molar-refractivity contribution is -0.0914. The maximum atomic E-state index is 11.3. The van der Waals surface area contributed by atoms with Crippen molar-refractivity contribution >= 4 is 0 Å². The minimum atomic E-state index is -0.762. The summed E-state index contributed by atoms with van der Waals surface area (Å²) in [5.41, 5.74) is 0.514. The molecule has 0 heterocycles. The van der Waals surface area contributed by atoms with Crippen molar-refractivity contribution in [3.63, 3.8) is 0 Å². The molecule has 0 aliphatic heterocycles. The molecule has 2 nitrogen and oxygen atoms in total. The minimum Gasteiger partial charge on any atom is -0.491 e. The van der Waals surface area contributed by atoms with Gasteiger partial charge in [0, 0.05) is 0 Å². The second-order valence-electron chi connectivity index (χ2n) is 8.58. The quantitative estimate of drug-likeness (QED) is 0.858. The summed E-state index contributed by atoms with van der Waals surface area (Å²) in [5, 5.41) is 11.3. The van der Waals surface area contributed by atoms with Crippen LogP contribution in [0.15, 0.2) is 24.3 Å². The zero-order chi connectivity index (χ0) is 15.9. The lowest BCUT2D eigenvalue weighted by Gasteiger charge is -2.49. The second kappa shape index (κ2) is 5.31. The first-order chi connectivity index (χ1) is 9.51. The van der Waals surface area contributed by atoms with Crippen LogP contribution in [-0.4, -0.2) is 11.2 Å². The van der Waals surface area contributed by atoms with Gasteiger partial charge in [-0.2, -0.15) is 0 Å². The first kappa shape index (κ1) is 16.4. The Bertz CT molecular complexity index is 484. The van der Waals surface area contributed by atoms with Gasteiger partial charge in [-0.1, -0.05) is 39.8 Å². The van der Waals surface area contributed by atoms with Gasteiger partial charge in [-0.15, -0.1) is 0 Å². The molecule has 1 aromatic carbocycles. The van der Waals surface area contributed by atoms with Crippen LogP contribution in [0.25, 0.3) is 0 Å². The van der Waals surface area contributed by atoms with Gasteiger partial charge in [0.15, 0.2) is 0 Å². The van der Waals surface area contributed by atoms with Crippen molar-refractivity contribution in [3.8, 4) is 5.75 Å². The smallest absolute Gasteiger partial charge is 0.120 e. The Kier molecular flexibility index (Phi) is 4.14. The van der Waals surface area contributed by atoms with E-state index in [1.807, 2.05) is 38.1 Å². The predicted octanol–water partition coefficient (Wildman–Crippen LogP) is 4.90. The molecule has 0 aromatic heterocycles. The first-order valence-corrected chi connectivity index (χ1v) is 8.01. The summed E-state index contributed by atoms with van der Waals surface area (Å²) in [7, 11) is 0. The van der Waals surface area contributed by atoms with E-state index in [1.165, 1.54) is 0 Å². The summed E-state index contributed by atoms with van der Waals surface area (Å²) in [6.07, 6.45) is 2.89. The van der Waals surface area contributed by atoms with Crippen LogP contribution in [0, 0.1) is 10.8 Å². The summed E-state index contributed by atoms with van der Waals surface area (Å²) in [5.74, 6) is 0.845. The molecule has 0 spiro atoms. The summed E-state index contributed by atoms with van der Waals surface area (Å²) < 4.78 is 5.78. The lowest BCUT2D eigenvalue weighted by atomic mass is 9.58. The molecule has 2 heteroatoms. The van der Waals surface area contributed by atoms with Gasteiger partial charge < -0.3 is 9.84 Å². The van der Waals surface area contributed by atoms with Gasteiger partial charge in [-0.3, -0.25) is 0 Å². The summed E-state index contributed by atoms with van der Waals surface area (Å²) in [4.78, 5) is 0. The Balaban J connectivity index is 2.34. The fraction of sp³-hybridized carbons (Fsp3) is 0.684. The number of ether oxygens (including phenoxy) is 1. The van der Waals surface area contributed by atoms with E-state index in [2.05, 4.69) is 27.7 Å². The maximum absolute atomic E-state index is 11.3. The first-order valence-electron chi connectivity index (χ1n) is 8.01. The van der Waals surface area contributed by atoms with Gasteiger partial charge in [0.05, 0.1) is 11.7 Å². The molecule has 1 saturated carbocycles. The molecule has 2 rings (SSSR count). The molecule has 0 bridgehead atoms. The van der Waals surface area contributed by atoms with Crippen LogP contribution in [0.1, 0.15) is 66.4 Å². The topological polar surface area (TPSA) is 29.5 Å². The van der Waals surface area contributed by atoms with E-state index < -0.39 is 5.60 Å². The van der Waals surface area contributed by atoms with E-state index in [0.717, 1.165) is 30.6 Å². The highest BCUT2D eigenvalue weighted by atomic mass is 16.5. The van der Waals surface area contributed by atoms with E-state index in [1.54, 1.807) is 0 Å². The standard InChI is InChI=1S/C19H30O2/c1-14(2)21-16-9-7-8-15(10-16)19(20)12-17(3,4)11-18(5,6)13-19/h7-10,14,20H,11-13H2,1-6H3. The maximum Gasteiger partial charge on any atom is 0.120 e. The molecule has 1 aromatic rings. The van der Waals surface area contributed by atoms with Gasteiger partial charge >= 0.3 is 0 Å². The van der Waals surface area contributed by atoms with Crippen molar-refractivity contribution in [1.29, 1.82) is 0 Å². The highest BCUT2D eigenvalue weighted by molar-refractivity contribution is 5.33. The largest absolute Gasteiger partial charge is 0.491 e. The second-order valence-corrected chi connectivity index (χ2v) is 8.58. The number of hydrogen-bond acceptors (Lipinski definition) is 2. The van der Waals surface area contributed by atoms with Crippen LogP contribution < -0.4 is 4.74 Å². The minimum absolute atomic E-state index is 0.144. The Morgan fingerprint density at radius 3 is 2.10 bits per heavy atom. The molecule has 1 aliphatic carbocycles. The normalized spacial score (nSPS) is 23.0. The third-order valence-electron chi connectivity index (χ3n) is 4.24. The fourth-order valence-corrected chi connectivity index (χ4v) is 4.40. The van der Waals surface area contributed by atoms with Crippen molar-refractivity contribution < 1.29 is 9.84 Å². The highest BCUT2D eigenvalue weighted by Gasteiger charge is 2.47. The number of aliphatic hydroxyl groups is 1. The Labute approximate surface area is 129 Å². The lowest BCUT2D eigenvalue weighted by Crippen LogP contribution is -2.44. The van der Waals surface area contributed by atoms with E-state index in [-0.39, 0.29) is 16.9 Å². The van der Waals surface area contributed by atoms with Crippen molar-refractivity contribution in [2.45, 2.75) is 72.5 Å². The molecular formula is C19H30O2. The van der Waals surface area contributed by atoms with Gasteiger partial charge in [-0.05, 0) is 61.6 Å². The number of benzene rings is 1. The Morgan fingerprint density at radius 2 is 1.57 bits per heavy atom. The highest BCUT2D eigenvalue weighted by Crippen LogP contribution is 2.54. The van der Waals surface area contributed by atoms with Crippen LogP contribution in [0.2, 0.25) is 0 Å². The van der Waals surface area contributed by atoms with Crippen molar-refractivity contribution in [1.82, 2.24) is 0 Å². The fourth-order valence-electron chi connectivity index (χ4n) is 4.40. The number of rotatable bonds is 3. The molecule has 1 aliphatic rings. The zero-order valence-electron chi connectivity index (χ0n) is 14.4. The molecular weight excluding hydrogens is 260 g/mol. The molecule has 0 radical (unpaired) electrons. The molecule has 1 fully saturated rings. The third-order valence-corrected chi connectivity index (χ3v) is 4.24. The SMILES string of the molecule is CC(C)Oc1cccc(C2(O)CC(C)(C)CC(C)(C)C2)c1. The average molecular weight is 290 g/mol. The monoisotopic (exact) mass is 290 g/mol. The van der Waals surface area contributed by atoms with Gasteiger partial charge in [0.25, 0.3) is 0 Å². The van der Waals surface area contributed by atoms with E-state index in [4.69, 9.17) is 4.74 Å². The molecule has 0 amide bonds. The molecule has 21 heavy (non-hydrogen) atoms. The van der Waals surface area contributed by atoms with Crippen molar-refractivity contribution in [3.05, 3.63) is 29.8 Å². The van der Waals surface area contributed by atoms with E-state index in [9.17, 15) is 5.11 Å². The zero-order valence-corrected chi connectivity index (χ0v) is 14.4. The van der Waals surface area contributed by atoms with Crippen molar-refractivity contribution in [2.24, 2.45) is 10.8 Å². The van der Waals surface area contributed by atoms with Crippen LogP contribution in [0.4, 0.5) is 0 Å². The predicted molar refractivity (Wildman–Crippen MR) is 87.5 cm³/mol. The molecule has 1 N–H and O–H groups in total. The molecule has 0 atom stereocenters. The van der Waals surface area contributed by atoms with Crippen LogP contribution in [0.3, 0.4) is 0 Å². The molecule has 0 saturated heterocycles. The van der Waals surface area contributed by atoms with E-state index in [0.29, 0.717) is 0 Å². The van der Waals surface area contributed by atoms with Crippen LogP contribution >= 0.6 is 0 Å². The van der Waals surface area contributed by atoms with Crippen molar-refractivity contribution in [2.75, 3.05) is 0 Å². The van der Waals surface area contributed by atoms with Gasteiger partial charge in [0.2, 0.25) is 0 Å². The Morgan fingerprint density at radius 1 is 1.00 bits per heavy atom. The summed E-state index contributed by atoms with van der Waals surface area (Å²) in [6.45, 7) is 13.1. The average Bonchev–Trinajstić information content (AvgIpc) is 2.23.